The molecule has 0 fully saturated rings. The Hall–Kier alpha value is -1.13. The maximum atomic E-state index is 13.2. The minimum atomic E-state index is -0.264. The smallest absolute Gasteiger partial charge is 0.137 e. The molecule has 2 rings (SSSR count). The van der Waals surface area contributed by atoms with Crippen molar-refractivity contribution in [1.82, 2.24) is 5.32 Å². The average molecular weight is 298 g/mol. The summed E-state index contributed by atoms with van der Waals surface area (Å²) >= 11 is 3.19. The first-order chi connectivity index (χ1) is 8.13. The molecular weight excluding hydrogens is 285 g/mol. The quantitative estimate of drug-likeness (QED) is 0.932. The number of aryl methyl sites for hydroxylation is 1. The summed E-state index contributed by atoms with van der Waals surface area (Å²) in [5.41, 5.74) is 2.03. The maximum Gasteiger partial charge on any atom is 0.137 e. The first-order valence-corrected chi connectivity index (χ1v) is 6.09. The molecule has 1 aromatic heterocycles. The number of hydrogen-bond donors (Lipinski definition) is 1. The van der Waals surface area contributed by atoms with E-state index in [0.717, 1.165) is 16.9 Å². The SMILES string of the molecule is CNC(c1ccc(F)c(Br)c1)c1occc1C. The zero-order valence-electron chi connectivity index (χ0n) is 9.63. The van der Waals surface area contributed by atoms with Gasteiger partial charge in [-0.25, -0.2) is 4.39 Å². The van der Waals surface area contributed by atoms with Crippen molar-refractivity contribution in [3.8, 4) is 0 Å². The Labute approximate surface area is 108 Å². The predicted octanol–water partition coefficient (Wildman–Crippen LogP) is 3.80. The molecule has 1 heterocycles. The number of rotatable bonds is 3. The third-order valence-electron chi connectivity index (χ3n) is 2.73. The molecule has 0 bridgehead atoms. The van der Waals surface area contributed by atoms with E-state index in [4.69, 9.17) is 4.42 Å². The minimum absolute atomic E-state index is 0.0677. The predicted molar refractivity (Wildman–Crippen MR) is 68.4 cm³/mol. The highest BCUT2D eigenvalue weighted by Gasteiger charge is 2.18. The lowest BCUT2D eigenvalue weighted by atomic mass is 10.0. The van der Waals surface area contributed by atoms with Gasteiger partial charge in [-0.3, -0.25) is 0 Å². The third-order valence-corrected chi connectivity index (χ3v) is 3.34. The molecule has 0 saturated heterocycles. The fourth-order valence-corrected chi connectivity index (χ4v) is 2.22. The van der Waals surface area contributed by atoms with Gasteiger partial charge in [0.25, 0.3) is 0 Å². The number of furan rings is 1. The van der Waals surface area contributed by atoms with Crippen LogP contribution in [-0.4, -0.2) is 7.05 Å². The number of halogens is 2. The van der Waals surface area contributed by atoms with Crippen LogP contribution in [0.3, 0.4) is 0 Å². The molecule has 1 N–H and O–H groups in total. The molecule has 4 heteroatoms. The zero-order valence-corrected chi connectivity index (χ0v) is 11.2. The first kappa shape index (κ1) is 12.3. The van der Waals surface area contributed by atoms with Gasteiger partial charge in [0.1, 0.15) is 11.6 Å². The van der Waals surface area contributed by atoms with Gasteiger partial charge in [-0.2, -0.15) is 0 Å². The van der Waals surface area contributed by atoms with E-state index < -0.39 is 0 Å². The van der Waals surface area contributed by atoms with Crippen molar-refractivity contribution in [1.29, 1.82) is 0 Å². The highest BCUT2D eigenvalue weighted by atomic mass is 79.9. The van der Waals surface area contributed by atoms with Gasteiger partial charge in [-0.1, -0.05) is 6.07 Å². The molecule has 17 heavy (non-hydrogen) atoms. The van der Waals surface area contributed by atoms with Crippen molar-refractivity contribution in [3.05, 3.63) is 57.7 Å². The van der Waals surface area contributed by atoms with E-state index in [2.05, 4.69) is 21.2 Å². The van der Waals surface area contributed by atoms with E-state index in [1.54, 1.807) is 18.4 Å². The second-order valence-electron chi connectivity index (χ2n) is 3.86. The fourth-order valence-electron chi connectivity index (χ4n) is 1.82. The van der Waals surface area contributed by atoms with Crippen LogP contribution in [0.25, 0.3) is 0 Å². The van der Waals surface area contributed by atoms with E-state index in [0.29, 0.717) is 4.47 Å². The summed E-state index contributed by atoms with van der Waals surface area (Å²) in [6.45, 7) is 1.99. The third kappa shape index (κ3) is 2.42. The second-order valence-corrected chi connectivity index (χ2v) is 4.72. The molecular formula is C13H13BrFNO. The van der Waals surface area contributed by atoms with Crippen LogP contribution < -0.4 is 5.32 Å². The highest BCUT2D eigenvalue weighted by Crippen LogP contribution is 2.28. The van der Waals surface area contributed by atoms with Gasteiger partial charge in [0.15, 0.2) is 0 Å². The monoisotopic (exact) mass is 297 g/mol. The normalized spacial score (nSPS) is 12.7. The molecule has 0 radical (unpaired) electrons. The van der Waals surface area contributed by atoms with Crippen molar-refractivity contribution in [3.63, 3.8) is 0 Å². The van der Waals surface area contributed by atoms with Crippen LogP contribution in [0.2, 0.25) is 0 Å². The van der Waals surface area contributed by atoms with Crippen LogP contribution in [0.5, 0.6) is 0 Å². The molecule has 1 atom stereocenters. The van der Waals surface area contributed by atoms with Crippen LogP contribution in [0, 0.1) is 12.7 Å². The molecule has 0 aliphatic carbocycles. The van der Waals surface area contributed by atoms with E-state index in [-0.39, 0.29) is 11.9 Å². The van der Waals surface area contributed by atoms with Crippen LogP contribution >= 0.6 is 15.9 Å². The van der Waals surface area contributed by atoms with Crippen LogP contribution in [0.15, 0.2) is 39.4 Å². The molecule has 1 aromatic carbocycles. The van der Waals surface area contributed by atoms with E-state index in [9.17, 15) is 4.39 Å². The molecule has 2 nitrogen and oxygen atoms in total. The highest BCUT2D eigenvalue weighted by molar-refractivity contribution is 9.10. The number of hydrogen-bond acceptors (Lipinski definition) is 2. The van der Waals surface area contributed by atoms with E-state index in [1.807, 2.05) is 20.0 Å². The van der Waals surface area contributed by atoms with Gasteiger partial charge in [-0.15, -0.1) is 0 Å². The topological polar surface area (TPSA) is 25.2 Å². The molecule has 1 unspecified atom stereocenters. The van der Waals surface area contributed by atoms with Gasteiger partial charge >= 0.3 is 0 Å². The van der Waals surface area contributed by atoms with E-state index >= 15 is 0 Å². The van der Waals surface area contributed by atoms with Gasteiger partial charge in [-0.05, 0) is 59.2 Å². The molecule has 0 aliphatic rings. The first-order valence-electron chi connectivity index (χ1n) is 5.29. The summed E-state index contributed by atoms with van der Waals surface area (Å²) in [6.07, 6.45) is 1.66. The Bertz CT molecular complexity index is 524. The molecule has 0 amide bonds. The summed E-state index contributed by atoms with van der Waals surface area (Å²) in [6, 6.07) is 6.81. The van der Waals surface area contributed by atoms with Crippen LogP contribution in [0.4, 0.5) is 4.39 Å². The van der Waals surface area contributed by atoms with Crippen molar-refractivity contribution in [2.75, 3.05) is 7.05 Å². The lowest BCUT2D eigenvalue weighted by Gasteiger charge is -2.15. The molecule has 0 spiro atoms. The summed E-state index contributed by atoms with van der Waals surface area (Å²) in [4.78, 5) is 0. The van der Waals surface area contributed by atoms with Crippen LogP contribution in [-0.2, 0) is 0 Å². The summed E-state index contributed by atoms with van der Waals surface area (Å²) in [5, 5.41) is 3.17. The van der Waals surface area contributed by atoms with Gasteiger partial charge in [0, 0.05) is 0 Å². The van der Waals surface area contributed by atoms with Crippen molar-refractivity contribution in [2.45, 2.75) is 13.0 Å². The van der Waals surface area contributed by atoms with Crippen molar-refractivity contribution < 1.29 is 8.81 Å². The lowest BCUT2D eigenvalue weighted by molar-refractivity contribution is 0.460. The fraction of sp³-hybridized carbons (Fsp3) is 0.231. The van der Waals surface area contributed by atoms with E-state index in [1.165, 1.54) is 6.07 Å². The largest absolute Gasteiger partial charge is 0.467 e. The Morgan fingerprint density at radius 3 is 2.65 bits per heavy atom. The Morgan fingerprint density at radius 1 is 1.35 bits per heavy atom. The van der Waals surface area contributed by atoms with Crippen LogP contribution in [0.1, 0.15) is 22.9 Å². The summed E-state index contributed by atoms with van der Waals surface area (Å²) < 4.78 is 19.1. The molecule has 2 aromatic rings. The van der Waals surface area contributed by atoms with Gasteiger partial charge in [0.05, 0.1) is 16.8 Å². The number of benzene rings is 1. The maximum absolute atomic E-state index is 13.2. The standard InChI is InChI=1S/C13H13BrFNO/c1-8-5-6-17-13(8)12(16-2)9-3-4-11(15)10(14)7-9/h3-7,12,16H,1-2H3. The summed E-state index contributed by atoms with van der Waals surface area (Å²) in [7, 11) is 1.85. The number of nitrogens with one attached hydrogen (secondary N) is 1. The average Bonchev–Trinajstić information content (AvgIpc) is 2.71. The lowest BCUT2D eigenvalue weighted by Crippen LogP contribution is -2.17. The summed E-state index contributed by atoms with van der Waals surface area (Å²) in [5.74, 6) is 0.589. The zero-order chi connectivity index (χ0) is 12.4. The minimum Gasteiger partial charge on any atom is -0.467 e. The Morgan fingerprint density at radius 2 is 2.12 bits per heavy atom. The molecule has 90 valence electrons. The van der Waals surface area contributed by atoms with Crippen molar-refractivity contribution >= 4 is 15.9 Å². The van der Waals surface area contributed by atoms with Gasteiger partial charge in [0.2, 0.25) is 0 Å². The Balaban J connectivity index is 2.42. The van der Waals surface area contributed by atoms with Crippen molar-refractivity contribution in [2.24, 2.45) is 0 Å². The molecule has 0 saturated carbocycles. The molecule has 0 aliphatic heterocycles. The van der Waals surface area contributed by atoms with Gasteiger partial charge < -0.3 is 9.73 Å². The Kier molecular flexibility index (Phi) is 3.64. The second kappa shape index (κ2) is 5.02.